The van der Waals surface area contributed by atoms with Crippen molar-refractivity contribution in [1.82, 2.24) is 15.2 Å². The number of rotatable bonds is 6. The molecule has 1 aliphatic rings. The van der Waals surface area contributed by atoms with Gasteiger partial charge in [0.1, 0.15) is 0 Å². The molecule has 0 unspecified atom stereocenters. The number of hydrogen-bond donors (Lipinski definition) is 2. The number of hydrogen-bond acceptors (Lipinski definition) is 5. The van der Waals surface area contributed by atoms with Crippen LogP contribution in [0.25, 0.3) is 0 Å². The summed E-state index contributed by atoms with van der Waals surface area (Å²) in [5.74, 6) is -0.600. The molecule has 0 radical (unpaired) electrons. The first-order valence-electron chi connectivity index (χ1n) is 9.26. The molecule has 2 amide bonds. The van der Waals surface area contributed by atoms with Crippen molar-refractivity contribution in [2.45, 2.75) is 0 Å². The van der Waals surface area contributed by atoms with Crippen LogP contribution < -0.4 is 15.5 Å². The van der Waals surface area contributed by atoms with Gasteiger partial charge in [-0.05, 0) is 37.4 Å². The molecular formula is C21H25N5O2. The van der Waals surface area contributed by atoms with Gasteiger partial charge in [-0.1, -0.05) is 6.08 Å². The van der Waals surface area contributed by atoms with Crippen LogP contribution in [0.1, 0.15) is 20.7 Å². The van der Waals surface area contributed by atoms with Gasteiger partial charge in [0, 0.05) is 56.5 Å². The predicted octanol–water partition coefficient (Wildman–Crippen LogP) is 2.00. The van der Waals surface area contributed by atoms with Gasteiger partial charge in [-0.2, -0.15) is 0 Å². The van der Waals surface area contributed by atoms with Gasteiger partial charge in [0.05, 0.1) is 11.1 Å². The van der Waals surface area contributed by atoms with Crippen LogP contribution in [0.4, 0.5) is 11.4 Å². The van der Waals surface area contributed by atoms with Crippen LogP contribution in [0.3, 0.4) is 0 Å². The number of anilines is 2. The number of carbonyl (C=O) groups is 2. The van der Waals surface area contributed by atoms with Crippen LogP contribution in [0.5, 0.6) is 0 Å². The predicted molar refractivity (Wildman–Crippen MR) is 111 cm³/mol. The van der Waals surface area contributed by atoms with E-state index in [-0.39, 0.29) is 11.8 Å². The van der Waals surface area contributed by atoms with Crippen molar-refractivity contribution in [3.8, 4) is 0 Å². The Morgan fingerprint density at radius 1 is 1.07 bits per heavy atom. The standard InChI is InChI=1S/C21H25N5O2/c1-3-8-23-20(27)16-13-17(15-22-14-16)21(28)24-18-4-6-19(7-5-18)26-11-9-25(2)10-12-26/h3-7,13-15H,1,8-12H2,2H3,(H,23,27)(H,24,28). The lowest BCUT2D eigenvalue weighted by Crippen LogP contribution is -2.44. The summed E-state index contributed by atoms with van der Waals surface area (Å²) in [5, 5.41) is 5.52. The minimum Gasteiger partial charge on any atom is -0.369 e. The molecule has 1 aromatic heterocycles. The number of nitrogens with zero attached hydrogens (tertiary/aromatic N) is 3. The zero-order valence-corrected chi connectivity index (χ0v) is 16.0. The van der Waals surface area contributed by atoms with Crippen LogP contribution in [-0.2, 0) is 0 Å². The highest BCUT2D eigenvalue weighted by Crippen LogP contribution is 2.20. The van der Waals surface area contributed by atoms with E-state index >= 15 is 0 Å². The molecule has 1 fully saturated rings. The first-order chi connectivity index (χ1) is 13.6. The Labute approximate surface area is 165 Å². The molecule has 0 aliphatic carbocycles. The highest BCUT2D eigenvalue weighted by Gasteiger charge is 2.15. The fourth-order valence-corrected chi connectivity index (χ4v) is 2.98. The summed E-state index contributed by atoms with van der Waals surface area (Å²) < 4.78 is 0. The van der Waals surface area contributed by atoms with Crippen molar-refractivity contribution in [2.75, 3.05) is 50.0 Å². The minimum absolute atomic E-state index is 0.293. The molecule has 7 nitrogen and oxygen atoms in total. The van der Waals surface area contributed by atoms with E-state index in [2.05, 4.69) is 39.0 Å². The molecule has 3 rings (SSSR count). The molecule has 0 spiro atoms. The minimum atomic E-state index is -0.307. The average Bonchev–Trinajstić information content (AvgIpc) is 2.73. The van der Waals surface area contributed by atoms with Crippen LogP contribution in [0.15, 0.2) is 55.4 Å². The monoisotopic (exact) mass is 379 g/mol. The molecule has 0 saturated carbocycles. The molecule has 0 atom stereocenters. The molecule has 0 bridgehead atoms. The van der Waals surface area contributed by atoms with Crippen LogP contribution in [0.2, 0.25) is 0 Å². The topological polar surface area (TPSA) is 77.6 Å². The van der Waals surface area contributed by atoms with Gasteiger partial charge in [-0.25, -0.2) is 0 Å². The van der Waals surface area contributed by atoms with Gasteiger partial charge in [-0.3, -0.25) is 14.6 Å². The van der Waals surface area contributed by atoms with Crippen LogP contribution >= 0.6 is 0 Å². The summed E-state index contributed by atoms with van der Waals surface area (Å²) in [6.45, 7) is 7.99. The molecule has 7 heteroatoms. The number of carbonyl (C=O) groups excluding carboxylic acids is 2. The largest absolute Gasteiger partial charge is 0.369 e. The van der Waals surface area contributed by atoms with Gasteiger partial charge in [0.2, 0.25) is 0 Å². The fraction of sp³-hybridized carbons (Fsp3) is 0.286. The second-order valence-electron chi connectivity index (χ2n) is 6.75. The summed E-state index contributed by atoms with van der Waals surface area (Å²) >= 11 is 0. The first kappa shape index (κ1) is 19.6. The van der Waals surface area contributed by atoms with E-state index in [4.69, 9.17) is 0 Å². The van der Waals surface area contributed by atoms with E-state index in [0.29, 0.717) is 23.4 Å². The third-order valence-corrected chi connectivity index (χ3v) is 4.66. The maximum absolute atomic E-state index is 12.5. The maximum Gasteiger partial charge on any atom is 0.257 e. The van der Waals surface area contributed by atoms with Gasteiger partial charge < -0.3 is 20.4 Å². The average molecular weight is 379 g/mol. The zero-order valence-electron chi connectivity index (χ0n) is 16.0. The van der Waals surface area contributed by atoms with Gasteiger partial charge >= 0.3 is 0 Å². The molecule has 2 N–H and O–H groups in total. The molecule has 2 aromatic rings. The van der Waals surface area contributed by atoms with E-state index in [1.165, 1.54) is 18.5 Å². The number of benzene rings is 1. The molecule has 146 valence electrons. The third-order valence-electron chi connectivity index (χ3n) is 4.66. The van der Waals surface area contributed by atoms with E-state index in [1.807, 2.05) is 24.3 Å². The quantitative estimate of drug-likeness (QED) is 0.751. The molecular weight excluding hydrogens is 354 g/mol. The van der Waals surface area contributed by atoms with E-state index in [9.17, 15) is 9.59 Å². The SMILES string of the molecule is C=CCNC(=O)c1cncc(C(=O)Nc2ccc(N3CCN(C)CC3)cc2)c1. The number of aromatic nitrogens is 1. The van der Waals surface area contributed by atoms with E-state index in [1.54, 1.807) is 6.08 Å². The lowest BCUT2D eigenvalue weighted by atomic mass is 10.1. The second-order valence-corrected chi connectivity index (χ2v) is 6.75. The highest BCUT2D eigenvalue weighted by atomic mass is 16.2. The third kappa shape index (κ3) is 4.95. The van der Waals surface area contributed by atoms with Crippen molar-refractivity contribution in [3.05, 3.63) is 66.5 Å². The highest BCUT2D eigenvalue weighted by molar-refractivity contribution is 6.05. The van der Waals surface area contributed by atoms with E-state index in [0.717, 1.165) is 31.9 Å². The summed E-state index contributed by atoms with van der Waals surface area (Å²) in [4.78, 5) is 33.2. The summed E-state index contributed by atoms with van der Waals surface area (Å²) in [6.07, 6.45) is 4.46. The Balaban J connectivity index is 1.63. The number of likely N-dealkylation sites (N-methyl/N-ethyl adjacent to an activating group) is 1. The van der Waals surface area contributed by atoms with Crippen LogP contribution in [-0.4, -0.2) is 61.5 Å². The van der Waals surface area contributed by atoms with E-state index < -0.39 is 0 Å². The first-order valence-corrected chi connectivity index (χ1v) is 9.26. The molecule has 2 heterocycles. The van der Waals surface area contributed by atoms with Crippen molar-refractivity contribution < 1.29 is 9.59 Å². The Bertz CT molecular complexity index is 842. The van der Waals surface area contributed by atoms with Crippen molar-refractivity contribution in [2.24, 2.45) is 0 Å². The van der Waals surface area contributed by atoms with Crippen molar-refractivity contribution >= 4 is 23.2 Å². The number of piperazine rings is 1. The molecule has 28 heavy (non-hydrogen) atoms. The molecule has 1 saturated heterocycles. The number of pyridine rings is 1. The number of nitrogens with one attached hydrogen (secondary N) is 2. The Morgan fingerprint density at radius 3 is 2.36 bits per heavy atom. The lowest BCUT2D eigenvalue weighted by Gasteiger charge is -2.34. The van der Waals surface area contributed by atoms with Gasteiger partial charge in [0.15, 0.2) is 0 Å². The van der Waals surface area contributed by atoms with Gasteiger partial charge in [-0.15, -0.1) is 6.58 Å². The summed E-state index contributed by atoms with van der Waals surface area (Å²) in [6, 6.07) is 9.33. The van der Waals surface area contributed by atoms with Crippen molar-refractivity contribution in [3.63, 3.8) is 0 Å². The summed E-state index contributed by atoms with van der Waals surface area (Å²) in [7, 11) is 2.13. The molecule has 1 aromatic carbocycles. The Morgan fingerprint density at radius 2 is 1.71 bits per heavy atom. The lowest BCUT2D eigenvalue weighted by molar-refractivity contribution is 0.0957. The van der Waals surface area contributed by atoms with Crippen molar-refractivity contribution in [1.29, 1.82) is 0 Å². The summed E-state index contributed by atoms with van der Waals surface area (Å²) in [5.41, 5.74) is 2.51. The smallest absolute Gasteiger partial charge is 0.257 e. The second kappa shape index (κ2) is 9.14. The maximum atomic E-state index is 12.5. The Kier molecular flexibility index (Phi) is 6.39. The van der Waals surface area contributed by atoms with Gasteiger partial charge in [0.25, 0.3) is 11.8 Å². The fourth-order valence-electron chi connectivity index (χ4n) is 2.98. The van der Waals surface area contributed by atoms with Crippen LogP contribution in [0, 0.1) is 0 Å². The zero-order chi connectivity index (χ0) is 19.9. The normalized spacial score (nSPS) is 14.4. The Hall–Kier alpha value is -3.19. The molecule has 1 aliphatic heterocycles. The number of amides is 2.